The predicted octanol–water partition coefficient (Wildman–Crippen LogP) is 2.66. The molecule has 2 atom stereocenters. The normalized spacial score (nSPS) is 27.6. The molecule has 0 spiro atoms. The Balaban J connectivity index is 1.65. The summed E-state index contributed by atoms with van der Waals surface area (Å²) in [6.45, 7) is 3.81. The molecule has 3 rings (SSSR count). The van der Waals surface area contributed by atoms with Crippen LogP contribution in [0.4, 0.5) is 0 Å². The Labute approximate surface area is 103 Å². The maximum Gasteiger partial charge on any atom is 0.176 e. The van der Waals surface area contributed by atoms with Gasteiger partial charge in [0, 0.05) is 18.2 Å². The number of carbonyl (C=O) groups excluding carboxylic acids is 1. The average molecular weight is 229 g/mol. The van der Waals surface area contributed by atoms with E-state index in [-0.39, 0.29) is 5.78 Å². The van der Waals surface area contributed by atoms with E-state index in [1.54, 1.807) is 0 Å². The second-order valence-electron chi connectivity index (χ2n) is 5.55. The van der Waals surface area contributed by atoms with Crippen LogP contribution < -0.4 is 0 Å². The van der Waals surface area contributed by atoms with Gasteiger partial charge in [-0.05, 0) is 32.1 Å². The summed E-state index contributed by atoms with van der Waals surface area (Å²) in [4.78, 5) is 14.5. The highest BCUT2D eigenvalue weighted by atomic mass is 16.1. The van der Waals surface area contributed by atoms with E-state index in [9.17, 15) is 4.79 Å². The molecule has 1 aromatic rings. The van der Waals surface area contributed by atoms with Crippen LogP contribution in [0.25, 0.3) is 0 Å². The van der Waals surface area contributed by atoms with Gasteiger partial charge in [-0.2, -0.15) is 0 Å². The first-order valence-corrected chi connectivity index (χ1v) is 6.56. The monoisotopic (exact) mass is 229 g/mol. The SMILES string of the molecule is Cc1ccc(C(=O)CN2CC3CCC2C3)cc1. The van der Waals surface area contributed by atoms with Gasteiger partial charge in [-0.25, -0.2) is 0 Å². The van der Waals surface area contributed by atoms with Crippen LogP contribution >= 0.6 is 0 Å². The van der Waals surface area contributed by atoms with Gasteiger partial charge < -0.3 is 0 Å². The zero-order valence-electron chi connectivity index (χ0n) is 10.4. The number of ketones is 1. The summed E-state index contributed by atoms with van der Waals surface area (Å²) < 4.78 is 0. The highest BCUT2D eigenvalue weighted by Crippen LogP contribution is 2.37. The maximum atomic E-state index is 12.1. The molecule has 0 N–H and O–H groups in total. The number of carbonyl (C=O) groups is 1. The summed E-state index contributed by atoms with van der Waals surface area (Å²) in [6.07, 6.45) is 3.99. The van der Waals surface area contributed by atoms with Crippen molar-refractivity contribution >= 4 is 5.78 Å². The minimum Gasteiger partial charge on any atom is -0.293 e. The second kappa shape index (κ2) is 4.26. The van der Waals surface area contributed by atoms with Crippen LogP contribution in [0.15, 0.2) is 24.3 Å². The van der Waals surface area contributed by atoms with Crippen LogP contribution in [-0.2, 0) is 0 Å². The number of aryl methyl sites for hydroxylation is 1. The molecular weight excluding hydrogens is 210 g/mol. The Morgan fingerprint density at radius 3 is 2.65 bits per heavy atom. The zero-order chi connectivity index (χ0) is 11.8. The molecule has 2 bridgehead atoms. The Bertz CT molecular complexity index is 423. The molecule has 2 nitrogen and oxygen atoms in total. The van der Waals surface area contributed by atoms with Gasteiger partial charge in [0.15, 0.2) is 5.78 Å². The summed E-state index contributed by atoms with van der Waals surface area (Å²) in [5.74, 6) is 1.14. The van der Waals surface area contributed by atoms with E-state index in [2.05, 4.69) is 4.90 Å². The number of fused-ring (bicyclic) bond motifs is 2. The number of benzene rings is 1. The van der Waals surface area contributed by atoms with Crippen LogP contribution in [-0.4, -0.2) is 29.8 Å². The van der Waals surface area contributed by atoms with Crippen molar-refractivity contribution < 1.29 is 4.79 Å². The first kappa shape index (κ1) is 11.0. The lowest BCUT2D eigenvalue weighted by atomic mass is 10.1. The molecule has 1 saturated carbocycles. The number of piperidine rings is 1. The molecule has 17 heavy (non-hydrogen) atoms. The lowest BCUT2D eigenvalue weighted by Gasteiger charge is -2.25. The molecule has 2 heteroatoms. The molecule has 2 aliphatic rings. The fraction of sp³-hybridized carbons (Fsp3) is 0.533. The molecule has 0 aromatic heterocycles. The molecule has 0 radical (unpaired) electrons. The summed E-state index contributed by atoms with van der Waals surface area (Å²) in [6, 6.07) is 8.62. The molecule has 0 amide bonds. The summed E-state index contributed by atoms with van der Waals surface area (Å²) in [5.41, 5.74) is 2.07. The quantitative estimate of drug-likeness (QED) is 0.743. The van der Waals surface area contributed by atoms with Gasteiger partial charge in [0.1, 0.15) is 0 Å². The van der Waals surface area contributed by atoms with E-state index in [0.717, 1.165) is 18.0 Å². The minimum absolute atomic E-state index is 0.276. The van der Waals surface area contributed by atoms with E-state index < -0.39 is 0 Å². The fourth-order valence-corrected chi connectivity index (χ4v) is 3.24. The number of likely N-dealkylation sites (tertiary alicyclic amines) is 1. The molecule has 1 aromatic carbocycles. The smallest absolute Gasteiger partial charge is 0.176 e. The van der Waals surface area contributed by atoms with Gasteiger partial charge in [-0.3, -0.25) is 9.69 Å². The number of hydrogen-bond acceptors (Lipinski definition) is 2. The van der Waals surface area contributed by atoms with Gasteiger partial charge in [-0.1, -0.05) is 29.8 Å². The molecular formula is C15H19NO. The van der Waals surface area contributed by atoms with Crippen LogP contribution in [0.5, 0.6) is 0 Å². The fourth-order valence-electron chi connectivity index (χ4n) is 3.24. The average Bonchev–Trinajstić information content (AvgIpc) is 2.91. The van der Waals surface area contributed by atoms with Crippen molar-refractivity contribution in [3.05, 3.63) is 35.4 Å². The van der Waals surface area contributed by atoms with E-state index >= 15 is 0 Å². The maximum absolute atomic E-state index is 12.1. The molecule has 2 unspecified atom stereocenters. The minimum atomic E-state index is 0.276. The van der Waals surface area contributed by atoms with Crippen molar-refractivity contribution in [2.75, 3.05) is 13.1 Å². The van der Waals surface area contributed by atoms with Gasteiger partial charge >= 0.3 is 0 Å². The van der Waals surface area contributed by atoms with Crippen molar-refractivity contribution in [1.82, 2.24) is 4.90 Å². The Hall–Kier alpha value is -1.15. The molecule has 1 aliphatic carbocycles. The second-order valence-corrected chi connectivity index (χ2v) is 5.55. The van der Waals surface area contributed by atoms with Crippen LogP contribution in [0.3, 0.4) is 0 Å². The zero-order valence-corrected chi connectivity index (χ0v) is 10.4. The molecule has 1 aliphatic heterocycles. The van der Waals surface area contributed by atoms with E-state index in [4.69, 9.17) is 0 Å². The summed E-state index contributed by atoms with van der Waals surface area (Å²) >= 11 is 0. The number of nitrogens with zero attached hydrogens (tertiary/aromatic N) is 1. The molecule has 1 saturated heterocycles. The molecule has 1 heterocycles. The van der Waals surface area contributed by atoms with Crippen molar-refractivity contribution in [3.63, 3.8) is 0 Å². The highest BCUT2D eigenvalue weighted by Gasteiger charge is 2.38. The standard InChI is InChI=1S/C15H19NO/c1-11-2-5-13(6-3-11)15(17)10-16-9-12-4-7-14(16)8-12/h2-3,5-6,12,14H,4,7-10H2,1H3. The first-order chi connectivity index (χ1) is 8.22. The first-order valence-electron chi connectivity index (χ1n) is 6.56. The van der Waals surface area contributed by atoms with Crippen LogP contribution in [0, 0.1) is 12.8 Å². The number of hydrogen-bond donors (Lipinski definition) is 0. The Morgan fingerprint density at radius 1 is 1.29 bits per heavy atom. The van der Waals surface area contributed by atoms with Gasteiger partial charge in [-0.15, -0.1) is 0 Å². The van der Waals surface area contributed by atoms with Crippen molar-refractivity contribution in [2.24, 2.45) is 5.92 Å². The van der Waals surface area contributed by atoms with Gasteiger partial charge in [0.25, 0.3) is 0 Å². The Morgan fingerprint density at radius 2 is 2.06 bits per heavy atom. The third-order valence-electron chi connectivity index (χ3n) is 4.24. The Kier molecular flexibility index (Phi) is 2.75. The number of Topliss-reactive ketones (excluding diaryl/α,β-unsaturated/α-hetero) is 1. The largest absolute Gasteiger partial charge is 0.293 e. The number of rotatable bonds is 3. The van der Waals surface area contributed by atoms with Gasteiger partial charge in [0.2, 0.25) is 0 Å². The van der Waals surface area contributed by atoms with Crippen LogP contribution in [0.2, 0.25) is 0 Å². The summed E-state index contributed by atoms with van der Waals surface area (Å²) in [5, 5.41) is 0. The topological polar surface area (TPSA) is 20.3 Å². The third kappa shape index (κ3) is 2.14. The highest BCUT2D eigenvalue weighted by molar-refractivity contribution is 5.97. The van der Waals surface area contributed by atoms with E-state index in [1.807, 2.05) is 31.2 Å². The third-order valence-corrected chi connectivity index (χ3v) is 4.24. The molecule has 2 fully saturated rings. The van der Waals surface area contributed by atoms with Crippen molar-refractivity contribution in [2.45, 2.75) is 32.2 Å². The lowest BCUT2D eigenvalue weighted by Crippen LogP contribution is -2.36. The van der Waals surface area contributed by atoms with Crippen molar-refractivity contribution in [3.8, 4) is 0 Å². The summed E-state index contributed by atoms with van der Waals surface area (Å²) in [7, 11) is 0. The van der Waals surface area contributed by atoms with Crippen molar-refractivity contribution in [1.29, 1.82) is 0 Å². The van der Waals surface area contributed by atoms with Crippen LogP contribution in [0.1, 0.15) is 35.2 Å². The lowest BCUT2D eigenvalue weighted by molar-refractivity contribution is 0.0905. The predicted molar refractivity (Wildman–Crippen MR) is 68.2 cm³/mol. The van der Waals surface area contributed by atoms with E-state index in [0.29, 0.717) is 12.6 Å². The van der Waals surface area contributed by atoms with Gasteiger partial charge in [0.05, 0.1) is 6.54 Å². The molecule has 90 valence electrons. The van der Waals surface area contributed by atoms with E-state index in [1.165, 1.54) is 24.8 Å².